The summed E-state index contributed by atoms with van der Waals surface area (Å²) in [4.78, 5) is 35.1. The van der Waals surface area contributed by atoms with Crippen molar-refractivity contribution >= 4 is 17.9 Å². The van der Waals surface area contributed by atoms with E-state index < -0.39 is 5.97 Å². The number of hydrogen-bond acceptors (Lipinski definition) is 7. The van der Waals surface area contributed by atoms with Gasteiger partial charge in [0.05, 0.1) is 24.0 Å². The van der Waals surface area contributed by atoms with Crippen LogP contribution >= 0.6 is 0 Å². The van der Waals surface area contributed by atoms with Crippen molar-refractivity contribution in [3.8, 4) is 0 Å². The number of esters is 2. The van der Waals surface area contributed by atoms with Gasteiger partial charge in [0.1, 0.15) is 12.7 Å². The molecule has 7 rings (SSSR count). The van der Waals surface area contributed by atoms with Crippen molar-refractivity contribution in [1.29, 1.82) is 0 Å². The number of carboxylic acid groups (broad SMARTS) is 1. The Morgan fingerprint density at radius 2 is 1.47 bits per heavy atom. The van der Waals surface area contributed by atoms with Crippen LogP contribution in [0.2, 0.25) is 0 Å². The van der Waals surface area contributed by atoms with Crippen LogP contribution in [0.5, 0.6) is 0 Å². The maximum atomic E-state index is 13.1. The monoisotopic (exact) mass is 667 g/mol. The molecule has 6 bridgehead atoms. The minimum absolute atomic E-state index is 0. The molecule has 274 valence electrons. The lowest BCUT2D eigenvalue weighted by Crippen LogP contribution is -2.38. The number of aliphatic carboxylic acids is 1. The van der Waals surface area contributed by atoms with Crippen molar-refractivity contribution in [2.24, 2.45) is 59.2 Å². The molecular formula is C39H70O8. The smallest absolute Gasteiger partial charge is 0.309 e. The average molecular weight is 667 g/mol. The van der Waals surface area contributed by atoms with E-state index >= 15 is 0 Å². The third-order valence-electron chi connectivity index (χ3n) is 12.5. The highest BCUT2D eigenvalue weighted by Crippen LogP contribution is 2.67. The zero-order valence-electron chi connectivity index (χ0n) is 26.5. The SMILES string of the molecule is C.C.C.C.CC(=O)O.CCC(CC(C)C(=O)OC1CC2CC1C1C3CCC(C3)C21)C(=O)OCC1CCCC(OC2CC3CCC2C3)O1. The van der Waals surface area contributed by atoms with E-state index in [1.54, 1.807) is 0 Å². The van der Waals surface area contributed by atoms with E-state index in [0.717, 1.165) is 68.1 Å². The number of ether oxygens (including phenoxy) is 4. The molecule has 1 N–H and O–H groups in total. The Balaban J connectivity index is 0.000000911. The zero-order chi connectivity index (χ0) is 30.2. The average Bonchev–Trinajstić information content (AvgIpc) is 3.82. The van der Waals surface area contributed by atoms with Crippen LogP contribution in [-0.4, -0.2) is 54.2 Å². The van der Waals surface area contributed by atoms with Crippen molar-refractivity contribution in [1.82, 2.24) is 0 Å². The number of carbonyl (C=O) groups is 3. The molecule has 0 spiro atoms. The standard InChI is InChI=1S/C33H50O6.C2H4O2.4CH4/c1-3-20(33(35)36-17-25-5-4-6-29(37-25)38-27-13-19-7-8-21(27)12-19)11-18(2)32(34)39-28-16-24-15-26(28)31-23-10-9-22(14-23)30(24)31;1-2(3)4;;;;/h18-31H,3-17H2,1-2H3;1H3,(H,3,4);4*1H4. The molecule has 1 aliphatic heterocycles. The zero-order valence-corrected chi connectivity index (χ0v) is 26.5. The summed E-state index contributed by atoms with van der Waals surface area (Å²) in [7, 11) is 0. The van der Waals surface area contributed by atoms with Crippen LogP contribution in [-0.2, 0) is 33.3 Å². The van der Waals surface area contributed by atoms with E-state index in [2.05, 4.69) is 0 Å². The topological polar surface area (TPSA) is 108 Å². The molecule has 47 heavy (non-hydrogen) atoms. The van der Waals surface area contributed by atoms with Gasteiger partial charge in [0.2, 0.25) is 0 Å². The lowest BCUT2D eigenvalue weighted by molar-refractivity contribution is -0.230. The Morgan fingerprint density at radius 1 is 0.787 bits per heavy atom. The second-order valence-electron chi connectivity index (χ2n) is 15.2. The number of carboxylic acids is 1. The Kier molecular flexibility index (Phi) is 15.7. The third-order valence-corrected chi connectivity index (χ3v) is 12.5. The fourth-order valence-electron chi connectivity index (χ4n) is 10.8. The molecule has 6 saturated carbocycles. The first-order valence-electron chi connectivity index (χ1n) is 17.6. The van der Waals surface area contributed by atoms with Crippen molar-refractivity contribution < 1.29 is 38.4 Å². The van der Waals surface area contributed by atoms with Crippen LogP contribution in [0.3, 0.4) is 0 Å². The van der Waals surface area contributed by atoms with Gasteiger partial charge in [-0.3, -0.25) is 14.4 Å². The highest BCUT2D eigenvalue weighted by Gasteiger charge is 2.63. The molecule has 1 saturated heterocycles. The van der Waals surface area contributed by atoms with Crippen LogP contribution < -0.4 is 0 Å². The minimum Gasteiger partial charge on any atom is -0.481 e. The number of hydrogen-bond donors (Lipinski definition) is 1. The molecule has 0 amide bonds. The summed E-state index contributed by atoms with van der Waals surface area (Å²) in [5.41, 5.74) is 0. The molecule has 7 fully saturated rings. The van der Waals surface area contributed by atoms with Crippen LogP contribution in [0.25, 0.3) is 0 Å². The highest BCUT2D eigenvalue weighted by molar-refractivity contribution is 5.76. The molecule has 7 aliphatic rings. The van der Waals surface area contributed by atoms with Gasteiger partial charge in [-0.05, 0) is 137 Å². The van der Waals surface area contributed by atoms with Crippen LogP contribution in [0, 0.1) is 59.2 Å². The van der Waals surface area contributed by atoms with E-state index in [-0.39, 0.29) is 78.6 Å². The molecule has 8 nitrogen and oxygen atoms in total. The van der Waals surface area contributed by atoms with Gasteiger partial charge >= 0.3 is 11.9 Å². The van der Waals surface area contributed by atoms with E-state index in [9.17, 15) is 9.59 Å². The Bertz CT molecular complexity index is 1010. The van der Waals surface area contributed by atoms with Gasteiger partial charge < -0.3 is 24.1 Å². The molecule has 1 heterocycles. The summed E-state index contributed by atoms with van der Waals surface area (Å²) in [6, 6.07) is 0. The van der Waals surface area contributed by atoms with Crippen molar-refractivity contribution in [3.63, 3.8) is 0 Å². The van der Waals surface area contributed by atoms with Gasteiger partial charge in [-0.15, -0.1) is 0 Å². The predicted octanol–water partition coefficient (Wildman–Crippen LogP) is 8.93. The van der Waals surface area contributed by atoms with Gasteiger partial charge in [-0.2, -0.15) is 0 Å². The van der Waals surface area contributed by atoms with Crippen molar-refractivity contribution in [2.45, 2.75) is 165 Å². The largest absolute Gasteiger partial charge is 0.481 e. The highest BCUT2D eigenvalue weighted by atomic mass is 16.7. The van der Waals surface area contributed by atoms with Crippen LogP contribution in [0.4, 0.5) is 0 Å². The van der Waals surface area contributed by atoms with Gasteiger partial charge in [-0.1, -0.05) is 43.6 Å². The van der Waals surface area contributed by atoms with Crippen molar-refractivity contribution in [2.75, 3.05) is 6.61 Å². The summed E-state index contributed by atoms with van der Waals surface area (Å²) in [5, 5.41) is 7.42. The van der Waals surface area contributed by atoms with Crippen LogP contribution in [0.15, 0.2) is 0 Å². The minimum atomic E-state index is -0.833. The van der Waals surface area contributed by atoms with Gasteiger partial charge in [0.15, 0.2) is 6.29 Å². The second-order valence-corrected chi connectivity index (χ2v) is 15.2. The number of carbonyl (C=O) groups excluding carboxylic acids is 2. The Labute approximate surface area is 286 Å². The summed E-state index contributed by atoms with van der Waals surface area (Å²) in [5.74, 6) is 4.80. The summed E-state index contributed by atoms with van der Waals surface area (Å²) in [6.45, 7) is 5.29. The normalized spacial score (nSPS) is 39.4. The fourth-order valence-corrected chi connectivity index (χ4v) is 10.8. The quantitative estimate of drug-likeness (QED) is 0.182. The fraction of sp³-hybridized carbons (Fsp3) is 0.923. The molecule has 0 aromatic heterocycles. The van der Waals surface area contributed by atoms with E-state index in [4.69, 9.17) is 28.8 Å². The van der Waals surface area contributed by atoms with Crippen LogP contribution in [0.1, 0.15) is 140 Å². The first-order valence-corrected chi connectivity index (χ1v) is 17.6. The van der Waals surface area contributed by atoms with E-state index in [1.165, 1.54) is 51.4 Å². The maximum Gasteiger partial charge on any atom is 0.309 e. The molecule has 6 aliphatic carbocycles. The molecule has 8 heteroatoms. The summed E-state index contributed by atoms with van der Waals surface area (Å²) < 4.78 is 24.5. The first-order chi connectivity index (χ1) is 20.7. The van der Waals surface area contributed by atoms with E-state index in [1.807, 2.05) is 13.8 Å². The van der Waals surface area contributed by atoms with Crippen molar-refractivity contribution in [3.05, 3.63) is 0 Å². The Morgan fingerprint density at radius 3 is 2.11 bits per heavy atom. The number of rotatable bonds is 10. The number of fused-ring (bicyclic) bond motifs is 11. The first kappa shape index (κ1) is 41.5. The molecule has 0 radical (unpaired) electrons. The molecule has 14 unspecified atom stereocenters. The van der Waals surface area contributed by atoms with Gasteiger partial charge in [0, 0.05) is 6.92 Å². The third kappa shape index (κ3) is 9.12. The molecule has 0 aromatic rings. The van der Waals surface area contributed by atoms with E-state index in [0.29, 0.717) is 30.8 Å². The summed E-state index contributed by atoms with van der Waals surface area (Å²) >= 11 is 0. The molecule has 14 atom stereocenters. The van der Waals surface area contributed by atoms with Gasteiger partial charge in [-0.25, -0.2) is 0 Å². The predicted molar refractivity (Wildman–Crippen MR) is 185 cm³/mol. The second kappa shape index (κ2) is 17.8. The van der Waals surface area contributed by atoms with Gasteiger partial charge in [0.25, 0.3) is 5.97 Å². The lowest BCUT2D eigenvalue weighted by Gasteiger charge is -2.38. The maximum absolute atomic E-state index is 13.1. The molecule has 0 aromatic carbocycles. The Hall–Kier alpha value is -1.67. The lowest BCUT2D eigenvalue weighted by atomic mass is 9.70. The summed E-state index contributed by atoms with van der Waals surface area (Å²) in [6.07, 6.45) is 16.0. The molecular weight excluding hydrogens is 596 g/mol.